The standard InChI is InChI=1S/C4H9.C2H7Si.2CH4.K/c1-4(2)3;1-3-2;;;/h1-3H3;3H,1-2H3;2*1H4;/q2*-1;;;+1/i;3D;;;. The molecule has 0 nitrogen and oxygen atoms in total. The van der Waals surface area contributed by atoms with Gasteiger partial charge in [0.15, 0.2) is 0 Å². The van der Waals surface area contributed by atoms with Crippen LogP contribution < -0.4 is 51.4 Å². The fourth-order valence-electron chi connectivity index (χ4n) is 0. The zero-order valence-corrected chi connectivity index (χ0v) is 11.1. The van der Waals surface area contributed by atoms with E-state index < -0.39 is 9.45 Å². The van der Waals surface area contributed by atoms with Gasteiger partial charge in [-0.2, -0.15) is 33.9 Å². The van der Waals surface area contributed by atoms with E-state index >= 15 is 0 Å². The van der Waals surface area contributed by atoms with Gasteiger partial charge < -0.3 is 5.92 Å². The fourth-order valence-corrected chi connectivity index (χ4v) is 0. The predicted molar refractivity (Wildman–Crippen MR) is 52.6 cm³/mol. The van der Waals surface area contributed by atoms with Crippen molar-refractivity contribution in [2.24, 2.45) is 0 Å². The summed E-state index contributed by atoms with van der Waals surface area (Å²) < 4.78 is 6.69. The first-order valence-electron chi connectivity index (χ1n) is 3.00. The fraction of sp³-hybridized carbons (Fsp3) is 0.875. The first kappa shape index (κ1) is 22.6. The van der Waals surface area contributed by atoms with E-state index in [0.717, 1.165) is 0 Å². The average molecular weight is 188 g/mol. The molecule has 0 radical (unpaired) electrons. The number of hydrogen-bond acceptors (Lipinski definition) is 0. The molecule has 0 aromatic rings. The molecule has 0 spiro atoms. The van der Waals surface area contributed by atoms with E-state index in [0.29, 0.717) is 0 Å². The third-order valence-corrected chi connectivity index (χ3v) is 0. The van der Waals surface area contributed by atoms with Crippen LogP contribution in [0.1, 0.15) is 35.6 Å². The van der Waals surface area contributed by atoms with Crippen LogP contribution in [0, 0.1) is 5.92 Å². The second kappa shape index (κ2) is 30.8. The van der Waals surface area contributed by atoms with Crippen LogP contribution >= 0.6 is 0 Å². The Morgan fingerprint density at radius 1 is 1.10 bits per heavy atom. The molecule has 0 fully saturated rings. The van der Waals surface area contributed by atoms with Gasteiger partial charge in [0.1, 0.15) is 0 Å². The van der Waals surface area contributed by atoms with E-state index in [4.69, 9.17) is 1.23 Å². The molecule has 0 aromatic carbocycles. The molecular weight excluding hydrogens is 163 g/mol. The topological polar surface area (TPSA) is 0 Å². The quantitative estimate of drug-likeness (QED) is 0.382. The second-order valence-corrected chi connectivity index (χ2v) is 3.00. The van der Waals surface area contributed by atoms with Crippen molar-refractivity contribution >= 4 is 9.45 Å². The minimum Gasteiger partial charge on any atom is -0.323 e. The van der Waals surface area contributed by atoms with Gasteiger partial charge in [-0.25, -0.2) is 1.23 Å². The predicted octanol–water partition coefficient (Wildman–Crippen LogP) is 0.416. The SMILES string of the molecule is C.C.C[C-](C)C.[2H][Si-](C)C.[K+]. The van der Waals surface area contributed by atoms with Crippen molar-refractivity contribution in [3.05, 3.63) is 5.92 Å². The van der Waals surface area contributed by atoms with Crippen LogP contribution in [0.3, 0.4) is 0 Å². The molecule has 0 rings (SSSR count). The molecule has 0 atom stereocenters. The monoisotopic (exact) mass is 188 g/mol. The van der Waals surface area contributed by atoms with Gasteiger partial charge in [0.25, 0.3) is 0 Å². The van der Waals surface area contributed by atoms with Crippen molar-refractivity contribution in [1.29, 1.82) is 1.23 Å². The molecule has 0 amide bonds. The van der Waals surface area contributed by atoms with Gasteiger partial charge in [0.05, 0.1) is 0 Å². The molecule has 0 aliphatic heterocycles. The molecule has 10 heavy (non-hydrogen) atoms. The summed E-state index contributed by atoms with van der Waals surface area (Å²) >= 11 is 0. The smallest absolute Gasteiger partial charge is 0.323 e. The Balaban J connectivity index is -0.0000000171. The van der Waals surface area contributed by atoms with Gasteiger partial charge in [-0.05, 0) is 0 Å². The molecule has 0 unspecified atom stereocenters. The summed E-state index contributed by atoms with van der Waals surface area (Å²) in [6.07, 6.45) is 0. The van der Waals surface area contributed by atoms with Gasteiger partial charge in [0.2, 0.25) is 0 Å². The summed E-state index contributed by atoms with van der Waals surface area (Å²) in [7, 11) is -0.630. The van der Waals surface area contributed by atoms with Crippen LogP contribution in [0.25, 0.3) is 0 Å². The maximum atomic E-state index is 6.69. The van der Waals surface area contributed by atoms with Crippen molar-refractivity contribution in [2.75, 3.05) is 0 Å². The largest absolute Gasteiger partial charge is 1.00 e. The van der Waals surface area contributed by atoms with E-state index in [-0.39, 0.29) is 66.2 Å². The summed E-state index contributed by atoms with van der Waals surface area (Å²) in [5, 5.41) is 0. The molecular formula is C8H24KSi-. The first-order valence-corrected chi connectivity index (χ1v) is 4.50. The van der Waals surface area contributed by atoms with Gasteiger partial charge in [-0.3, -0.25) is 9.45 Å². The summed E-state index contributed by atoms with van der Waals surface area (Å²) in [5.41, 5.74) is 0. The number of rotatable bonds is 0. The molecule has 62 valence electrons. The minimum absolute atomic E-state index is 0. The van der Waals surface area contributed by atoms with Gasteiger partial charge in [-0.1, -0.05) is 14.9 Å². The Bertz CT molecular complexity index is 29.6. The Labute approximate surface area is 115 Å². The molecule has 0 N–H and O–H groups in total. The average Bonchev–Trinajstić information content (AvgIpc) is 1.25. The zero-order chi connectivity index (χ0) is 7.15. The van der Waals surface area contributed by atoms with Crippen molar-refractivity contribution in [3.8, 4) is 0 Å². The van der Waals surface area contributed by atoms with E-state index in [2.05, 4.69) is 20.8 Å². The second-order valence-electron chi connectivity index (χ2n) is 2.00. The van der Waals surface area contributed by atoms with Crippen LogP contribution in [0.15, 0.2) is 0 Å². The molecule has 0 saturated heterocycles. The zero-order valence-electron chi connectivity index (χ0n) is 8.00. The Kier molecular flexibility index (Phi) is 69.6. The van der Waals surface area contributed by atoms with Crippen molar-refractivity contribution in [1.82, 2.24) is 0 Å². The van der Waals surface area contributed by atoms with Crippen molar-refractivity contribution in [2.45, 2.75) is 48.7 Å². The maximum Gasteiger partial charge on any atom is 1.00 e. The summed E-state index contributed by atoms with van der Waals surface area (Å²) in [5.74, 6) is 1.42. The van der Waals surface area contributed by atoms with Crippen molar-refractivity contribution < 1.29 is 51.4 Å². The Morgan fingerprint density at radius 3 is 1.10 bits per heavy atom. The summed E-state index contributed by atoms with van der Waals surface area (Å²) in [6.45, 7) is 10.1. The molecule has 2 heteroatoms. The first-order chi connectivity index (χ1) is 3.46. The maximum absolute atomic E-state index is 6.69. The molecule has 0 bridgehead atoms. The van der Waals surface area contributed by atoms with Crippen LogP contribution in [-0.4, -0.2) is 10.7 Å². The van der Waals surface area contributed by atoms with Gasteiger partial charge in [-0.15, -0.1) is 0 Å². The normalized spacial score (nSPS) is 7.30. The minimum atomic E-state index is -0.630. The molecule has 0 aliphatic rings. The molecule has 0 saturated carbocycles. The van der Waals surface area contributed by atoms with Crippen LogP contribution in [-0.2, 0) is 0 Å². The van der Waals surface area contributed by atoms with E-state index in [9.17, 15) is 0 Å². The van der Waals surface area contributed by atoms with Crippen LogP contribution in [0.2, 0.25) is 13.1 Å². The molecule has 0 aliphatic carbocycles. The third kappa shape index (κ3) is 225. The van der Waals surface area contributed by atoms with Gasteiger partial charge in [0, 0.05) is 0 Å². The van der Waals surface area contributed by atoms with Crippen molar-refractivity contribution in [3.63, 3.8) is 0 Å². The Hall–Kier alpha value is 1.85. The number of hydrogen-bond donors (Lipinski definition) is 0. The molecule has 0 heterocycles. The Morgan fingerprint density at radius 2 is 1.10 bits per heavy atom. The third-order valence-electron chi connectivity index (χ3n) is 0. The van der Waals surface area contributed by atoms with E-state index in [1.54, 1.807) is 0 Å². The van der Waals surface area contributed by atoms with Crippen LogP contribution in [0.4, 0.5) is 0 Å². The van der Waals surface area contributed by atoms with Crippen LogP contribution in [0.5, 0.6) is 0 Å². The summed E-state index contributed by atoms with van der Waals surface area (Å²) in [6, 6.07) is 0. The van der Waals surface area contributed by atoms with E-state index in [1.807, 2.05) is 13.1 Å². The van der Waals surface area contributed by atoms with Gasteiger partial charge >= 0.3 is 51.4 Å². The summed E-state index contributed by atoms with van der Waals surface area (Å²) in [4.78, 5) is 0. The molecule has 0 aromatic heterocycles. The van der Waals surface area contributed by atoms with E-state index in [1.165, 1.54) is 5.92 Å².